The molecule has 0 rings (SSSR count). The van der Waals surface area contributed by atoms with Crippen molar-refractivity contribution in [1.29, 1.82) is 0 Å². The van der Waals surface area contributed by atoms with Gasteiger partial charge in [0.25, 0.3) is 0 Å². The summed E-state index contributed by atoms with van der Waals surface area (Å²) in [6.07, 6.45) is -5.19. The Hall–Kier alpha value is -0.720. The van der Waals surface area contributed by atoms with Crippen molar-refractivity contribution in [1.82, 2.24) is 0 Å². The van der Waals surface area contributed by atoms with Crippen LogP contribution in [0.25, 0.3) is 4.85 Å². The third kappa shape index (κ3) is 5.15. The highest BCUT2D eigenvalue weighted by Crippen LogP contribution is 2.22. The summed E-state index contributed by atoms with van der Waals surface area (Å²) in [6, 6.07) is -0.940. The molecule has 0 aliphatic rings. The van der Waals surface area contributed by atoms with Crippen LogP contribution in [-0.4, -0.2) is 12.2 Å². The Kier molecular flexibility index (Phi) is 2.50. The molecule has 0 N–H and O–H groups in total. The average Bonchev–Trinajstić information content (AvgIpc) is 1.62. The predicted octanol–water partition coefficient (Wildman–Crippen LogP) is 2.25. The number of halogens is 3. The van der Waals surface area contributed by atoms with E-state index in [1.165, 1.54) is 6.92 Å². The first-order valence-electron chi connectivity index (χ1n) is 2.39. The fraction of sp³-hybridized carbons (Fsp3) is 0.800. The largest absolute Gasteiger partial charge is 0.396 e. The summed E-state index contributed by atoms with van der Waals surface area (Å²) in [5, 5.41) is 0. The van der Waals surface area contributed by atoms with Gasteiger partial charge in [0, 0.05) is 6.92 Å². The number of hydrogen-bond acceptors (Lipinski definition) is 0. The lowest BCUT2D eigenvalue weighted by atomic mass is 10.2. The molecule has 0 amide bonds. The van der Waals surface area contributed by atoms with Crippen molar-refractivity contribution in [3.05, 3.63) is 11.4 Å². The molecule has 0 radical (unpaired) electrons. The van der Waals surface area contributed by atoms with E-state index in [2.05, 4.69) is 4.85 Å². The quantitative estimate of drug-likeness (QED) is 0.488. The lowest BCUT2D eigenvalue weighted by Gasteiger charge is -2.02. The summed E-state index contributed by atoms with van der Waals surface area (Å²) in [7, 11) is 0. The van der Waals surface area contributed by atoms with Crippen molar-refractivity contribution < 1.29 is 13.2 Å². The SMILES string of the molecule is [C-]#[N+]C(C)CC(F)(F)F. The van der Waals surface area contributed by atoms with Gasteiger partial charge in [0.1, 0.15) is 6.42 Å². The zero-order chi connectivity index (χ0) is 7.49. The van der Waals surface area contributed by atoms with E-state index in [0.29, 0.717) is 0 Å². The molecule has 1 atom stereocenters. The summed E-state index contributed by atoms with van der Waals surface area (Å²) in [5.74, 6) is 0. The monoisotopic (exact) mass is 137 g/mol. The molecule has 0 bridgehead atoms. The maximum absolute atomic E-state index is 11.3. The molecule has 0 aromatic rings. The van der Waals surface area contributed by atoms with Gasteiger partial charge in [-0.05, 0) is 0 Å². The summed E-state index contributed by atoms with van der Waals surface area (Å²) in [5.41, 5.74) is 0. The van der Waals surface area contributed by atoms with Crippen LogP contribution >= 0.6 is 0 Å². The summed E-state index contributed by atoms with van der Waals surface area (Å²) >= 11 is 0. The molecule has 0 saturated carbocycles. The van der Waals surface area contributed by atoms with Gasteiger partial charge in [-0.1, -0.05) is 0 Å². The van der Waals surface area contributed by atoms with Crippen LogP contribution in [0.3, 0.4) is 0 Å². The zero-order valence-electron chi connectivity index (χ0n) is 4.87. The van der Waals surface area contributed by atoms with E-state index in [1.807, 2.05) is 0 Å². The third-order valence-corrected chi connectivity index (χ3v) is 0.747. The molecule has 0 aromatic heterocycles. The molecule has 52 valence electrons. The lowest BCUT2D eigenvalue weighted by Crippen LogP contribution is -2.13. The summed E-state index contributed by atoms with van der Waals surface area (Å²) in [6.45, 7) is 7.46. The van der Waals surface area contributed by atoms with Gasteiger partial charge in [-0.25, -0.2) is 6.57 Å². The van der Waals surface area contributed by atoms with Gasteiger partial charge in [0.05, 0.1) is 0 Å². The van der Waals surface area contributed by atoms with Crippen LogP contribution in [0.5, 0.6) is 0 Å². The van der Waals surface area contributed by atoms with Crippen molar-refractivity contribution in [3.8, 4) is 0 Å². The Balaban J connectivity index is 3.63. The van der Waals surface area contributed by atoms with Crippen molar-refractivity contribution in [2.75, 3.05) is 0 Å². The van der Waals surface area contributed by atoms with E-state index in [9.17, 15) is 13.2 Å². The minimum absolute atomic E-state index is 0.940. The van der Waals surface area contributed by atoms with Crippen molar-refractivity contribution in [2.24, 2.45) is 0 Å². The van der Waals surface area contributed by atoms with Gasteiger partial charge in [-0.2, -0.15) is 13.2 Å². The zero-order valence-corrected chi connectivity index (χ0v) is 4.87. The Bertz CT molecular complexity index is 121. The number of alkyl halides is 3. The second-order valence-corrected chi connectivity index (χ2v) is 1.80. The molecular formula is C5H6F3N. The van der Waals surface area contributed by atoms with E-state index >= 15 is 0 Å². The molecule has 4 heteroatoms. The van der Waals surface area contributed by atoms with Gasteiger partial charge in [0.2, 0.25) is 6.04 Å². The van der Waals surface area contributed by atoms with Crippen molar-refractivity contribution in [3.63, 3.8) is 0 Å². The van der Waals surface area contributed by atoms with E-state index < -0.39 is 18.6 Å². The fourth-order valence-corrected chi connectivity index (χ4v) is 0.381. The molecule has 0 saturated heterocycles. The van der Waals surface area contributed by atoms with E-state index in [1.54, 1.807) is 0 Å². The van der Waals surface area contributed by atoms with Crippen LogP contribution in [0.4, 0.5) is 13.2 Å². The Morgan fingerprint density at radius 3 is 2.11 bits per heavy atom. The molecule has 1 unspecified atom stereocenters. The Morgan fingerprint density at radius 2 is 2.00 bits per heavy atom. The molecule has 1 nitrogen and oxygen atoms in total. The first-order chi connectivity index (χ1) is 3.95. The van der Waals surface area contributed by atoms with Crippen LogP contribution in [0.15, 0.2) is 0 Å². The second-order valence-electron chi connectivity index (χ2n) is 1.80. The standard InChI is InChI=1S/C5H6F3N/c1-4(9-2)3-5(6,7)8/h4H,3H2,1H3. The Labute approximate surface area is 51.3 Å². The predicted molar refractivity (Wildman–Crippen MR) is 26.7 cm³/mol. The number of nitrogens with zero attached hydrogens (tertiary/aromatic N) is 1. The highest BCUT2D eigenvalue weighted by atomic mass is 19.4. The van der Waals surface area contributed by atoms with Gasteiger partial charge >= 0.3 is 6.18 Å². The van der Waals surface area contributed by atoms with Gasteiger partial charge in [-0.3, -0.25) is 0 Å². The normalized spacial score (nSPS) is 14.6. The van der Waals surface area contributed by atoms with E-state index in [4.69, 9.17) is 6.57 Å². The minimum Gasteiger partial charge on any atom is -0.314 e. The molecule has 0 spiro atoms. The molecule has 9 heavy (non-hydrogen) atoms. The van der Waals surface area contributed by atoms with Gasteiger partial charge in [-0.15, -0.1) is 0 Å². The summed E-state index contributed by atoms with van der Waals surface area (Å²) < 4.78 is 34.0. The molecular weight excluding hydrogens is 131 g/mol. The number of hydrogen-bond donors (Lipinski definition) is 0. The molecule has 0 aliphatic carbocycles. The van der Waals surface area contributed by atoms with Crippen LogP contribution in [-0.2, 0) is 0 Å². The maximum Gasteiger partial charge on any atom is 0.396 e. The molecule has 0 aliphatic heterocycles. The van der Waals surface area contributed by atoms with Crippen LogP contribution in [0.2, 0.25) is 0 Å². The van der Waals surface area contributed by atoms with Crippen LogP contribution in [0, 0.1) is 6.57 Å². The van der Waals surface area contributed by atoms with E-state index in [0.717, 1.165) is 0 Å². The highest BCUT2D eigenvalue weighted by Gasteiger charge is 2.32. The molecule has 0 aromatic carbocycles. The van der Waals surface area contributed by atoms with Crippen molar-refractivity contribution in [2.45, 2.75) is 25.6 Å². The summed E-state index contributed by atoms with van der Waals surface area (Å²) in [4.78, 5) is 2.70. The van der Waals surface area contributed by atoms with E-state index in [-0.39, 0.29) is 0 Å². The second kappa shape index (κ2) is 2.72. The smallest absolute Gasteiger partial charge is 0.314 e. The maximum atomic E-state index is 11.3. The van der Waals surface area contributed by atoms with Gasteiger partial charge in [0.15, 0.2) is 0 Å². The molecule has 0 heterocycles. The first-order valence-corrected chi connectivity index (χ1v) is 2.39. The highest BCUT2D eigenvalue weighted by molar-refractivity contribution is 4.75. The third-order valence-electron chi connectivity index (χ3n) is 0.747. The fourth-order valence-electron chi connectivity index (χ4n) is 0.381. The van der Waals surface area contributed by atoms with Crippen LogP contribution < -0.4 is 0 Å². The molecule has 0 fully saturated rings. The minimum atomic E-state index is -4.19. The topological polar surface area (TPSA) is 4.36 Å². The Morgan fingerprint density at radius 1 is 1.56 bits per heavy atom. The first kappa shape index (κ1) is 8.28. The average molecular weight is 137 g/mol. The number of rotatable bonds is 1. The van der Waals surface area contributed by atoms with Crippen molar-refractivity contribution >= 4 is 0 Å². The lowest BCUT2D eigenvalue weighted by molar-refractivity contribution is -0.135. The van der Waals surface area contributed by atoms with Crippen LogP contribution in [0.1, 0.15) is 13.3 Å². The van der Waals surface area contributed by atoms with Gasteiger partial charge < -0.3 is 4.85 Å².